The molecule has 1 saturated heterocycles. The lowest BCUT2D eigenvalue weighted by molar-refractivity contribution is -0.149. The van der Waals surface area contributed by atoms with Crippen LogP contribution in [0.3, 0.4) is 0 Å². The summed E-state index contributed by atoms with van der Waals surface area (Å²) in [4.78, 5) is 53.8. The number of fused-ring (bicyclic) bond motifs is 1. The third-order valence-electron chi connectivity index (χ3n) is 4.66. The molecule has 3 rings (SSSR count). The molecule has 0 aliphatic carbocycles. The highest BCUT2D eigenvalue weighted by Crippen LogP contribution is 2.24. The van der Waals surface area contributed by atoms with Gasteiger partial charge in [-0.2, -0.15) is 4.37 Å². The van der Waals surface area contributed by atoms with Gasteiger partial charge in [0.1, 0.15) is 4.88 Å². The highest BCUT2D eigenvalue weighted by Gasteiger charge is 2.30. The van der Waals surface area contributed by atoms with Crippen LogP contribution in [0.4, 0.5) is 0 Å². The first kappa shape index (κ1) is 19.3. The summed E-state index contributed by atoms with van der Waals surface area (Å²) in [6.07, 6.45) is 1.70. The maximum absolute atomic E-state index is 12.9. The van der Waals surface area contributed by atoms with Gasteiger partial charge >= 0.3 is 11.7 Å². The smallest absolute Gasteiger partial charge is 0.328 e. The van der Waals surface area contributed by atoms with E-state index >= 15 is 0 Å². The molecule has 0 aromatic carbocycles. The molecule has 1 amide bonds. The number of piperidine rings is 1. The number of H-pyrrole nitrogens is 1. The minimum atomic E-state index is -0.537. The molecule has 146 valence electrons. The Hall–Kier alpha value is -2.49. The van der Waals surface area contributed by atoms with E-state index in [4.69, 9.17) is 4.74 Å². The zero-order valence-corrected chi connectivity index (χ0v) is 16.1. The number of carbonyl (C=O) groups is 2. The van der Waals surface area contributed by atoms with Gasteiger partial charge in [0, 0.05) is 19.6 Å². The number of aromatic amines is 1. The zero-order valence-electron chi connectivity index (χ0n) is 15.3. The third kappa shape index (κ3) is 3.66. The van der Waals surface area contributed by atoms with Crippen molar-refractivity contribution >= 4 is 34.4 Å². The van der Waals surface area contributed by atoms with Crippen molar-refractivity contribution in [1.82, 2.24) is 18.8 Å². The molecule has 1 N–H and O–H groups in total. The van der Waals surface area contributed by atoms with Crippen molar-refractivity contribution in [3.05, 3.63) is 25.7 Å². The molecule has 0 spiro atoms. The molecule has 9 nitrogen and oxygen atoms in total. The van der Waals surface area contributed by atoms with Gasteiger partial charge in [0.15, 0.2) is 5.52 Å². The van der Waals surface area contributed by atoms with Crippen molar-refractivity contribution in [1.29, 1.82) is 0 Å². The Balaban J connectivity index is 1.82. The molecule has 27 heavy (non-hydrogen) atoms. The van der Waals surface area contributed by atoms with Gasteiger partial charge in [-0.1, -0.05) is 6.92 Å². The molecule has 0 saturated carbocycles. The van der Waals surface area contributed by atoms with Gasteiger partial charge in [0.2, 0.25) is 0 Å². The number of hydrogen-bond donors (Lipinski definition) is 1. The molecule has 1 aliphatic heterocycles. The first-order valence-corrected chi connectivity index (χ1v) is 9.83. The average molecular weight is 394 g/mol. The first-order chi connectivity index (χ1) is 13.0. The van der Waals surface area contributed by atoms with E-state index in [1.807, 2.05) is 6.92 Å². The molecular weight excluding hydrogens is 372 g/mol. The molecule has 10 heteroatoms. The van der Waals surface area contributed by atoms with E-state index in [-0.39, 0.29) is 33.7 Å². The molecule has 1 aliphatic rings. The molecular formula is C17H22N4O5S. The number of carbonyl (C=O) groups excluding carboxylic acids is 2. The molecule has 0 radical (unpaired) electrons. The fraction of sp³-hybridized carbons (Fsp3) is 0.588. The highest BCUT2D eigenvalue weighted by molar-refractivity contribution is 7.09. The Morgan fingerprint density at radius 2 is 1.96 bits per heavy atom. The lowest BCUT2D eigenvalue weighted by atomic mass is 9.97. The Morgan fingerprint density at radius 3 is 2.59 bits per heavy atom. The Morgan fingerprint density at radius 1 is 1.26 bits per heavy atom. The van der Waals surface area contributed by atoms with Gasteiger partial charge < -0.3 is 14.6 Å². The summed E-state index contributed by atoms with van der Waals surface area (Å²) in [5.74, 6) is -0.713. The monoisotopic (exact) mass is 394 g/mol. The van der Waals surface area contributed by atoms with Gasteiger partial charge in [-0.3, -0.25) is 19.0 Å². The second kappa shape index (κ2) is 8.03. The van der Waals surface area contributed by atoms with Crippen LogP contribution in [0.2, 0.25) is 0 Å². The van der Waals surface area contributed by atoms with Crippen LogP contribution in [-0.2, 0) is 16.1 Å². The molecule has 0 atom stereocenters. The van der Waals surface area contributed by atoms with Crippen molar-refractivity contribution < 1.29 is 14.3 Å². The molecule has 0 unspecified atom stereocenters. The van der Waals surface area contributed by atoms with E-state index in [0.29, 0.717) is 45.5 Å². The van der Waals surface area contributed by atoms with Gasteiger partial charge in [0.05, 0.1) is 18.0 Å². The summed E-state index contributed by atoms with van der Waals surface area (Å²) in [5.41, 5.74) is -0.714. The minimum Gasteiger partial charge on any atom is -0.466 e. The van der Waals surface area contributed by atoms with Crippen LogP contribution >= 0.6 is 11.5 Å². The summed E-state index contributed by atoms with van der Waals surface area (Å²) in [7, 11) is 0. The van der Waals surface area contributed by atoms with Gasteiger partial charge in [-0.15, -0.1) is 0 Å². The summed E-state index contributed by atoms with van der Waals surface area (Å²) in [6.45, 7) is 5.10. The fourth-order valence-corrected chi connectivity index (χ4v) is 4.04. The lowest BCUT2D eigenvalue weighted by Crippen LogP contribution is -2.40. The fourth-order valence-electron chi connectivity index (χ4n) is 3.24. The van der Waals surface area contributed by atoms with Crippen LogP contribution in [0.5, 0.6) is 0 Å². The van der Waals surface area contributed by atoms with Crippen molar-refractivity contribution in [3.8, 4) is 0 Å². The number of aromatic nitrogens is 3. The van der Waals surface area contributed by atoms with E-state index in [9.17, 15) is 19.2 Å². The van der Waals surface area contributed by atoms with Crippen LogP contribution < -0.4 is 11.2 Å². The Bertz CT molecular complexity index is 968. The van der Waals surface area contributed by atoms with Crippen LogP contribution in [0.25, 0.3) is 11.0 Å². The van der Waals surface area contributed by atoms with Crippen molar-refractivity contribution in [2.75, 3.05) is 19.7 Å². The normalized spacial score (nSPS) is 15.3. The molecule has 1 fully saturated rings. The number of rotatable bonds is 5. The lowest BCUT2D eigenvalue weighted by Gasteiger charge is -2.30. The van der Waals surface area contributed by atoms with E-state index in [1.54, 1.807) is 11.8 Å². The Kier molecular flexibility index (Phi) is 5.73. The predicted octanol–water partition coefficient (Wildman–Crippen LogP) is 0.972. The number of likely N-dealkylation sites (tertiary alicyclic amines) is 1. The minimum absolute atomic E-state index is 0.109. The van der Waals surface area contributed by atoms with Crippen LogP contribution in [-0.4, -0.2) is 50.4 Å². The third-order valence-corrected chi connectivity index (χ3v) is 5.50. The van der Waals surface area contributed by atoms with E-state index in [1.165, 1.54) is 0 Å². The first-order valence-electron chi connectivity index (χ1n) is 9.06. The van der Waals surface area contributed by atoms with E-state index in [2.05, 4.69) is 9.36 Å². The average Bonchev–Trinajstić information content (AvgIpc) is 3.08. The highest BCUT2D eigenvalue weighted by atomic mass is 32.1. The molecule has 2 aromatic rings. The SMILES string of the molecule is CCCn1c(=O)[nH]c2c(C(=O)N3CCC(C(=O)OCC)CC3)snc2c1=O. The van der Waals surface area contributed by atoms with Crippen LogP contribution in [0.1, 0.15) is 42.8 Å². The number of nitrogens with zero attached hydrogens (tertiary/aromatic N) is 3. The second-order valence-electron chi connectivity index (χ2n) is 6.44. The number of nitrogens with one attached hydrogen (secondary N) is 1. The summed E-state index contributed by atoms with van der Waals surface area (Å²) < 4.78 is 10.2. The quantitative estimate of drug-likeness (QED) is 0.756. The second-order valence-corrected chi connectivity index (χ2v) is 7.21. The van der Waals surface area contributed by atoms with Crippen LogP contribution in [0.15, 0.2) is 9.59 Å². The number of hydrogen-bond acceptors (Lipinski definition) is 7. The number of amides is 1. The van der Waals surface area contributed by atoms with Crippen molar-refractivity contribution in [2.45, 2.75) is 39.7 Å². The zero-order chi connectivity index (χ0) is 19.6. The molecule has 2 aromatic heterocycles. The van der Waals surface area contributed by atoms with Crippen molar-refractivity contribution in [2.24, 2.45) is 5.92 Å². The molecule has 0 bridgehead atoms. The van der Waals surface area contributed by atoms with Gasteiger partial charge in [-0.05, 0) is 37.7 Å². The maximum Gasteiger partial charge on any atom is 0.328 e. The van der Waals surface area contributed by atoms with E-state index in [0.717, 1.165) is 16.1 Å². The summed E-state index contributed by atoms with van der Waals surface area (Å²) >= 11 is 0.913. The predicted molar refractivity (Wildman–Crippen MR) is 100 cm³/mol. The summed E-state index contributed by atoms with van der Waals surface area (Å²) in [5, 5.41) is 0. The number of esters is 1. The Labute approximate surface area is 159 Å². The topological polar surface area (TPSA) is 114 Å². The number of ether oxygens (including phenoxy) is 1. The van der Waals surface area contributed by atoms with E-state index < -0.39 is 11.2 Å². The summed E-state index contributed by atoms with van der Waals surface area (Å²) in [6, 6.07) is 0. The van der Waals surface area contributed by atoms with Crippen LogP contribution in [0, 0.1) is 5.92 Å². The van der Waals surface area contributed by atoms with Gasteiger partial charge in [-0.25, -0.2) is 4.79 Å². The maximum atomic E-state index is 12.9. The van der Waals surface area contributed by atoms with Gasteiger partial charge in [0.25, 0.3) is 11.5 Å². The van der Waals surface area contributed by atoms with Crippen molar-refractivity contribution in [3.63, 3.8) is 0 Å². The molecule has 3 heterocycles. The largest absolute Gasteiger partial charge is 0.466 e. The standard InChI is InChI=1S/C17H22N4O5S/c1-3-7-21-14(22)12-11(18-17(21)25)13(27-19-12)15(23)20-8-5-10(6-9-20)16(24)26-4-2/h10H,3-9H2,1-2H3,(H,18,25).